The number of methoxy groups -OCH3 is 1. The average molecular weight is 527 g/mol. The third-order valence-corrected chi connectivity index (χ3v) is 9.79. The summed E-state index contributed by atoms with van der Waals surface area (Å²) in [6.07, 6.45) is 0.0356. The number of anilines is 1. The number of fused-ring (bicyclic) bond motifs is 1. The van der Waals surface area contributed by atoms with Crippen LogP contribution in [-0.2, 0) is 15.0 Å². The Morgan fingerprint density at radius 3 is 2.63 bits per heavy atom. The molecule has 1 aliphatic heterocycles. The van der Waals surface area contributed by atoms with E-state index in [0.29, 0.717) is 25.3 Å². The fourth-order valence-corrected chi connectivity index (χ4v) is 7.07. The van der Waals surface area contributed by atoms with E-state index in [2.05, 4.69) is 24.6 Å². The van der Waals surface area contributed by atoms with Gasteiger partial charge in [0.2, 0.25) is 5.95 Å². The highest BCUT2D eigenvalue weighted by molar-refractivity contribution is 8.15. The Bertz CT molecular complexity index is 999. The van der Waals surface area contributed by atoms with Crippen LogP contribution < -0.4 is 5.73 Å². The molecule has 1 aliphatic carbocycles. The molecule has 196 valence electrons. The standard InChI is InChI=1S/C24H39FN4O4SSi/c1-22(2,3)19(33-9-10-35(6,7)8)29(21(30)31)20-28-23(4,16-11-15(26)13-27-18(16)25)17-12-24(17,34-20)14-32-5/h11,13,17,19H,9-10,12,14,26H2,1-8H3,(H,30,31)/t17-,19?,23+,24+/m0/s1. The molecule has 1 aromatic heterocycles. The lowest BCUT2D eigenvalue weighted by molar-refractivity contribution is -0.0761. The minimum atomic E-state index is -1.39. The maximum absolute atomic E-state index is 15.0. The van der Waals surface area contributed by atoms with Crippen LogP contribution in [0.1, 0.15) is 39.7 Å². The summed E-state index contributed by atoms with van der Waals surface area (Å²) in [5.74, 6) is -0.714. The fourth-order valence-electron chi connectivity index (χ4n) is 4.67. The van der Waals surface area contributed by atoms with Gasteiger partial charge >= 0.3 is 6.09 Å². The lowest BCUT2D eigenvalue weighted by Gasteiger charge is -2.42. The number of nitrogen functional groups attached to an aromatic ring is 1. The number of pyridine rings is 1. The second kappa shape index (κ2) is 9.64. The number of carbonyl (C=O) groups is 1. The molecule has 0 spiro atoms. The van der Waals surface area contributed by atoms with Crippen molar-refractivity contribution in [3.05, 3.63) is 23.8 Å². The van der Waals surface area contributed by atoms with E-state index in [4.69, 9.17) is 20.2 Å². The molecule has 8 nitrogen and oxygen atoms in total. The number of hydrogen-bond acceptors (Lipinski definition) is 7. The third-order valence-electron chi connectivity index (χ3n) is 6.64. The number of amides is 1. The van der Waals surface area contributed by atoms with Crippen molar-refractivity contribution in [2.75, 3.05) is 26.1 Å². The minimum absolute atomic E-state index is 0.0571. The first-order valence-electron chi connectivity index (χ1n) is 11.9. The smallest absolute Gasteiger partial charge is 0.415 e. The monoisotopic (exact) mass is 526 g/mol. The number of amidine groups is 1. The fraction of sp³-hybridized carbons (Fsp3) is 0.708. The normalized spacial score (nSPS) is 27.1. The number of nitrogens with two attached hydrogens (primary N) is 1. The van der Waals surface area contributed by atoms with Crippen molar-refractivity contribution in [3.8, 4) is 0 Å². The molecule has 3 rings (SSSR count). The molecule has 11 heteroatoms. The molecule has 0 radical (unpaired) electrons. The van der Waals surface area contributed by atoms with Gasteiger partial charge in [0.25, 0.3) is 0 Å². The van der Waals surface area contributed by atoms with Gasteiger partial charge in [0, 0.05) is 38.7 Å². The number of rotatable bonds is 8. The number of thioether (sulfide) groups is 1. The summed E-state index contributed by atoms with van der Waals surface area (Å²) in [5, 5.41) is 10.7. The predicted molar refractivity (Wildman–Crippen MR) is 141 cm³/mol. The summed E-state index contributed by atoms with van der Waals surface area (Å²) in [6.45, 7) is 15.3. The Morgan fingerprint density at radius 2 is 2.09 bits per heavy atom. The Balaban J connectivity index is 2.10. The van der Waals surface area contributed by atoms with Crippen molar-refractivity contribution in [2.24, 2.45) is 16.3 Å². The molecule has 4 atom stereocenters. The molecule has 1 fully saturated rings. The van der Waals surface area contributed by atoms with Gasteiger partial charge < -0.3 is 20.3 Å². The van der Waals surface area contributed by atoms with Gasteiger partial charge in [-0.2, -0.15) is 4.39 Å². The molecule has 35 heavy (non-hydrogen) atoms. The van der Waals surface area contributed by atoms with Crippen molar-refractivity contribution >= 4 is 36.8 Å². The van der Waals surface area contributed by atoms with Crippen LogP contribution in [0.4, 0.5) is 14.9 Å². The molecular weight excluding hydrogens is 487 g/mol. The van der Waals surface area contributed by atoms with Crippen molar-refractivity contribution < 1.29 is 23.8 Å². The number of aromatic nitrogens is 1. The first-order chi connectivity index (χ1) is 16.0. The highest BCUT2D eigenvalue weighted by Crippen LogP contribution is 2.66. The van der Waals surface area contributed by atoms with E-state index in [1.54, 1.807) is 13.2 Å². The zero-order valence-corrected chi connectivity index (χ0v) is 23.8. The second-order valence-electron chi connectivity index (χ2n) is 12.1. The molecule has 1 aromatic rings. The number of nitrogens with zero attached hydrogens (tertiary/aromatic N) is 3. The van der Waals surface area contributed by atoms with E-state index in [9.17, 15) is 14.3 Å². The van der Waals surface area contributed by atoms with Crippen molar-refractivity contribution in [3.63, 3.8) is 0 Å². The SMILES string of the molecule is COC[C@]12C[C@H]1[C@@](C)(c1cc(N)cnc1F)N=C(N(C(=O)O)C(OCC[Si](C)(C)C)C(C)(C)C)S2. The quantitative estimate of drug-likeness (QED) is 0.271. The van der Waals surface area contributed by atoms with Gasteiger partial charge in [0.05, 0.1) is 28.8 Å². The van der Waals surface area contributed by atoms with Crippen LogP contribution in [0.2, 0.25) is 25.7 Å². The molecule has 2 heterocycles. The van der Waals surface area contributed by atoms with E-state index < -0.39 is 42.0 Å². The Kier molecular flexibility index (Phi) is 7.68. The summed E-state index contributed by atoms with van der Waals surface area (Å²) in [7, 11) is 0.220. The summed E-state index contributed by atoms with van der Waals surface area (Å²) in [4.78, 5) is 22.7. The highest BCUT2D eigenvalue weighted by Gasteiger charge is 2.68. The minimum Gasteiger partial charge on any atom is -0.465 e. The van der Waals surface area contributed by atoms with Gasteiger partial charge in [-0.05, 0) is 25.5 Å². The number of aliphatic imine (C=N–C) groups is 1. The molecule has 1 saturated carbocycles. The molecule has 0 aromatic carbocycles. The van der Waals surface area contributed by atoms with Gasteiger partial charge in [-0.15, -0.1) is 0 Å². The summed E-state index contributed by atoms with van der Waals surface area (Å²) in [6, 6.07) is 2.45. The van der Waals surface area contributed by atoms with Crippen LogP contribution in [0.15, 0.2) is 17.3 Å². The van der Waals surface area contributed by atoms with E-state index >= 15 is 0 Å². The maximum Gasteiger partial charge on any atom is 0.415 e. The summed E-state index contributed by atoms with van der Waals surface area (Å²) < 4.78 is 26.4. The first-order valence-corrected chi connectivity index (χ1v) is 16.4. The first kappa shape index (κ1) is 27.9. The van der Waals surface area contributed by atoms with Crippen LogP contribution in [-0.4, -0.2) is 65.6 Å². The van der Waals surface area contributed by atoms with Gasteiger partial charge in [0.1, 0.15) is 6.23 Å². The largest absolute Gasteiger partial charge is 0.465 e. The number of hydrogen-bond donors (Lipinski definition) is 2. The number of ether oxygens (including phenoxy) is 2. The maximum atomic E-state index is 15.0. The molecule has 1 amide bonds. The average Bonchev–Trinajstić information content (AvgIpc) is 3.42. The van der Waals surface area contributed by atoms with E-state index in [1.165, 1.54) is 22.9 Å². The molecular formula is C24H39FN4O4SSi. The van der Waals surface area contributed by atoms with Crippen molar-refractivity contribution in [2.45, 2.75) is 76.3 Å². The van der Waals surface area contributed by atoms with E-state index in [1.807, 2.05) is 27.7 Å². The van der Waals surface area contributed by atoms with Gasteiger partial charge in [-0.25, -0.2) is 14.7 Å². The Morgan fingerprint density at radius 1 is 1.43 bits per heavy atom. The Hall–Kier alpha value is -1.69. The zero-order valence-electron chi connectivity index (χ0n) is 22.0. The lowest BCUT2D eigenvalue weighted by Crippen LogP contribution is -2.53. The van der Waals surface area contributed by atoms with Gasteiger partial charge in [-0.3, -0.25) is 4.99 Å². The number of carboxylic acid groups (broad SMARTS) is 1. The van der Waals surface area contributed by atoms with Gasteiger partial charge in [-0.1, -0.05) is 52.2 Å². The highest BCUT2D eigenvalue weighted by atomic mass is 32.2. The van der Waals surface area contributed by atoms with E-state index in [0.717, 1.165) is 6.04 Å². The van der Waals surface area contributed by atoms with Gasteiger partial charge in [0.15, 0.2) is 5.17 Å². The molecule has 1 unspecified atom stereocenters. The summed E-state index contributed by atoms with van der Waals surface area (Å²) >= 11 is 1.38. The summed E-state index contributed by atoms with van der Waals surface area (Å²) in [5.41, 5.74) is 4.95. The van der Waals surface area contributed by atoms with Crippen LogP contribution in [0, 0.1) is 17.3 Å². The molecule has 0 bridgehead atoms. The van der Waals surface area contributed by atoms with Crippen LogP contribution in [0.3, 0.4) is 0 Å². The van der Waals surface area contributed by atoms with Crippen LogP contribution >= 0.6 is 11.8 Å². The van der Waals surface area contributed by atoms with Crippen LogP contribution in [0.5, 0.6) is 0 Å². The topological polar surface area (TPSA) is 110 Å². The number of halogens is 1. The lowest BCUT2D eigenvalue weighted by atomic mass is 9.86. The van der Waals surface area contributed by atoms with Crippen molar-refractivity contribution in [1.82, 2.24) is 9.88 Å². The predicted octanol–water partition coefficient (Wildman–Crippen LogP) is 5.23. The van der Waals surface area contributed by atoms with Crippen molar-refractivity contribution in [1.29, 1.82) is 0 Å². The zero-order chi connectivity index (χ0) is 26.4. The molecule has 0 saturated heterocycles. The third kappa shape index (κ3) is 5.84. The van der Waals surface area contributed by atoms with Crippen LogP contribution in [0.25, 0.3) is 0 Å². The molecule has 2 aliphatic rings. The van der Waals surface area contributed by atoms with E-state index in [-0.39, 0.29) is 16.6 Å². The molecule has 3 N–H and O–H groups in total. The Labute approximate surface area is 212 Å². The second-order valence-corrected chi connectivity index (χ2v) is 19.1.